The van der Waals surface area contributed by atoms with Crippen molar-refractivity contribution in [3.63, 3.8) is 0 Å². The summed E-state index contributed by atoms with van der Waals surface area (Å²) in [6, 6.07) is 27.3. The largest absolute Gasteiger partial charge is 0.357 e. The molecular formula is C31H28Cl3N3O4S. The summed E-state index contributed by atoms with van der Waals surface area (Å²) >= 11 is 18.7. The van der Waals surface area contributed by atoms with E-state index in [2.05, 4.69) is 5.32 Å². The average molecular weight is 645 g/mol. The number of hydrogen-bond acceptors (Lipinski definition) is 4. The quantitative estimate of drug-likeness (QED) is 0.210. The number of amides is 2. The molecule has 0 saturated heterocycles. The normalized spacial score (nSPS) is 11.9. The van der Waals surface area contributed by atoms with Crippen LogP contribution in [0.25, 0.3) is 0 Å². The first-order chi connectivity index (χ1) is 20.1. The van der Waals surface area contributed by atoms with Gasteiger partial charge in [0.2, 0.25) is 11.8 Å². The Bertz CT molecular complexity index is 1640. The van der Waals surface area contributed by atoms with Crippen LogP contribution < -0.4 is 9.62 Å². The smallest absolute Gasteiger partial charge is 0.264 e. The van der Waals surface area contributed by atoms with Gasteiger partial charge >= 0.3 is 0 Å². The Morgan fingerprint density at radius 3 is 1.98 bits per heavy atom. The van der Waals surface area contributed by atoms with Crippen molar-refractivity contribution in [2.75, 3.05) is 17.9 Å². The highest BCUT2D eigenvalue weighted by Crippen LogP contribution is 2.33. The molecule has 0 saturated carbocycles. The first kappa shape index (κ1) is 31.4. The first-order valence-corrected chi connectivity index (χ1v) is 15.5. The highest BCUT2D eigenvalue weighted by Gasteiger charge is 2.35. The summed E-state index contributed by atoms with van der Waals surface area (Å²) in [5.74, 6) is -1.01. The Kier molecular flexibility index (Phi) is 10.5. The Labute approximate surface area is 260 Å². The van der Waals surface area contributed by atoms with Gasteiger partial charge in [0.15, 0.2) is 0 Å². The molecule has 2 amide bonds. The van der Waals surface area contributed by atoms with Crippen molar-refractivity contribution in [3.8, 4) is 0 Å². The molecule has 7 nitrogen and oxygen atoms in total. The Balaban J connectivity index is 1.80. The van der Waals surface area contributed by atoms with Crippen molar-refractivity contribution in [3.05, 3.63) is 129 Å². The molecule has 4 aromatic rings. The van der Waals surface area contributed by atoms with Crippen molar-refractivity contribution in [1.29, 1.82) is 0 Å². The van der Waals surface area contributed by atoms with Crippen molar-refractivity contribution < 1.29 is 18.0 Å². The number of likely N-dealkylation sites (N-methyl/N-ethyl adjacent to an activating group) is 1. The molecule has 4 aromatic carbocycles. The second kappa shape index (κ2) is 14.1. The lowest BCUT2D eigenvalue weighted by Crippen LogP contribution is -2.53. The van der Waals surface area contributed by atoms with Crippen LogP contribution in [-0.4, -0.2) is 44.8 Å². The molecule has 11 heteroatoms. The van der Waals surface area contributed by atoms with Crippen LogP contribution in [0.3, 0.4) is 0 Å². The molecule has 0 fully saturated rings. The maximum Gasteiger partial charge on any atom is 0.264 e. The van der Waals surface area contributed by atoms with Crippen LogP contribution in [-0.2, 0) is 32.6 Å². The van der Waals surface area contributed by atoms with Gasteiger partial charge in [0, 0.05) is 30.1 Å². The van der Waals surface area contributed by atoms with Gasteiger partial charge in [-0.15, -0.1) is 0 Å². The third-order valence-electron chi connectivity index (χ3n) is 6.57. The zero-order chi connectivity index (χ0) is 30.3. The van der Waals surface area contributed by atoms with E-state index in [-0.39, 0.29) is 28.6 Å². The van der Waals surface area contributed by atoms with Crippen LogP contribution in [0.2, 0.25) is 15.1 Å². The molecule has 0 unspecified atom stereocenters. The van der Waals surface area contributed by atoms with E-state index in [0.29, 0.717) is 15.6 Å². The number of hydrogen-bond donors (Lipinski definition) is 1. The third-order valence-corrected chi connectivity index (χ3v) is 9.14. The SMILES string of the molecule is CNC(=O)[C@@H](Cc1ccccc1)N(Cc1ccc(Cl)cc1)C(=O)CN(c1ccc(Cl)cc1Cl)S(=O)(=O)c1ccccc1. The lowest BCUT2D eigenvalue weighted by Gasteiger charge is -2.33. The minimum Gasteiger partial charge on any atom is -0.357 e. The van der Waals surface area contributed by atoms with Crippen molar-refractivity contribution in [2.24, 2.45) is 0 Å². The van der Waals surface area contributed by atoms with Gasteiger partial charge in [-0.2, -0.15) is 0 Å². The van der Waals surface area contributed by atoms with Crippen LogP contribution in [0.1, 0.15) is 11.1 Å². The minimum absolute atomic E-state index is 0.0223. The summed E-state index contributed by atoms with van der Waals surface area (Å²) in [5.41, 5.74) is 1.61. The number of carbonyl (C=O) groups is 2. The molecule has 4 rings (SSSR count). The van der Waals surface area contributed by atoms with Crippen molar-refractivity contribution >= 4 is 62.3 Å². The standard InChI is InChI=1S/C31H28Cl3N3O4S/c1-35-31(39)29(18-22-8-4-2-5-9-22)36(20-23-12-14-24(32)15-13-23)30(38)21-37(28-17-16-25(33)19-27(28)34)42(40,41)26-10-6-3-7-11-26/h2-17,19,29H,18,20-21H2,1H3,(H,35,39)/t29-/m1/s1. The number of anilines is 1. The number of benzene rings is 4. The molecule has 42 heavy (non-hydrogen) atoms. The molecule has 0 radical (unpaired) electrons. The fourth-order valence-electron chi connectivity index (χ4n) is 4.42. The number of carbonyl (C=O) groups excluding carboxylic acids is 2. The summed E-state index contributed by atoms with van der Waals surface area (Å²) in [5, 5.41) is 3.52. The summed E-state index contributed by atoms with van der Waals surface area (Å²) in [6.07, 6.45) is 0.201. The molecule has 0 bridgehead atoms. The van der Waals surface area contributed by atoms with E-state index < -0.39 is 34.4 Å². The molecule has 218 valence electrons. The predicted molar refractivity (Wildman–Crippen MR) is 167 cm³/mol. The van der Waals surface area contributed by atoms with Crippen LogP contribution in [0.4, 0.5) is 5.69 Å². The Hall–Kier alpha value is -3.56. The molecule has 0 aliphatic heterocycles. The monoisotopic (exact) mass is 643 g/mol. The van der Waals surface area contributed by atoms with Gasteiger partial charge in [0.25, 0.3) is 10.0 Å². The Morgan fingerprint density at radius 1 is 0.786 bits per heavy atom. The number of sulfonamides is 1. The molecule has 1 atom stereocenters. The van der Waals surface area contributed by atoms with E-state index in [0.717, 1.165) is 9.87 Å². The summed E-state index contributed by atoms with van der Waals surface area (Å²) in [7, 11) is -2.78. The number of nitrogens with zero attached hydrogens (tertiary/aromatic N) is 2. The summed E-state index contributed by atoms with van der Waals surface area (Å²) in [4.78, 5) is 28.9. The van der Waals surface area contributed by atoms with E-state index in [1.807, 2.05) is 30.3 Å². The fraction of sp³-hybridized carbons (Fsp3) is 0.161. The lowest BCUT2D eigenvalue weighted by atomic mass is 10.0. The molecule has 0 aliphatic carbocycles. The molecule has 1 N–H and O–H groups in total. The van der Waals surface area contributed by atoms with Gasteiger partial charge in [-0.05, 0) is 53.6 Å². The fourth-order valence-corrected chi connectivity index (χ4v) is 6.56. The molecule has 0 aromatic heterocycles. The van der Waals surface area contributed by atoms with Crippen LogP contribution >= 0.6 is 34.8 Å². The van der Waals surface area contributed by atoms with E-state index in [4.69, 9.17) is 34.8 Å². The van der Waals surface area contributed by atoms with Crippen LogP contribution in [0.5, 0.6) is 0 Å². The van der Waals surface area contributed by atoms with Crippen molar-refractivity contribution in [1.82, 2.24) is 10.2 Å². The zero-order valence-electron chi connectivity index (χ0n) is 22.6. The first-order valence-electron chi connectivity index (χ1n) is 12.9. The van der Waals surface area contributed by atoms with Gasteiger partial charge in [-0.1, -0.05) is 95.5 Å². The van der Waals surface area contributed by atoms with Gasteiger partial charge in [0.1, 0.15) is 12.6 Å². The highest BCUT2D eigenvalue weighted by atomic mass is 35.5. The summed E-state index contributed by atoms with van der Waals surface area (Å²) in [6.45, 7) is -0.608. The maximum atomic E-state index is 14.3. The molecule has 0 spiro atoms. The maximum absolute atomic E-state index is 14.3. The van der Waals surface area contributed by atoms with Gasteiger partial charge in [-0.3, -0.25) is 13.9 Å². The van der Waals surface area contributed by atoms with Crippen LogP contribution in [0.15, 0.2) is 108 Å². The van der Waals surface area contributed by atoms with Gasteiger partial charge < -0.3 is 10.2 Å². The van der Waals surface area contributed by atoms with Crippen LogP contribution in [0, 0.1) is 0 Å². The van der Waals surface area contributed by atoms with Gasteiger partial charge in [-0.25, -0.2) is 8.42 Å². The predicted octanol–water partition coefficient (Wildman–Crippen LogP) is 6.23. The van der Waals surface area contributed by atoms with E-state index >= 15 is 0 Å². The minimum atomic E-state index is -4.27. The van der Waals surface area contributed by atoms with E-state index in [1.165, 1.54) is 42.3 Å². The zero-order valence-corrected chi connectivity index (χ0v) is 25.7. The summed E-state index contributed by atoms with van der Waals surface area (Å²) < 4.78 is 28.8. The number of halogens is 3. The van der Waals surface area contributed by atoms with E-state index in [9.17, 15) is 18.0 Å². The van der Waals surface area contributed by atoms with Gasteiger partial charge in [0.05, 0.1) is 15.6 Å². The second-order valence-corrected chi connectivity index (χ2v) is 12.5. The number of nitrogens with one attached hydrogen (secondary N) is 1. The molecular weight excluding hydrogens is 617 g/mol. The second-order valence-electron chi connectivity index (χ2n) is 9.39. The molecule has 0 heterocycles. The van der Waals surface area contributed by atoms with Crippen molar-refractivity contribution in [2.45, 2.75) is 23.9 Å². The average Bonchev–Trinajstić information content (AvgIpc) is 2.99. The number of rotatable bonds is 11. The topological polar surface area (TPSA) is 86.8 Å². The molecule has 0 aliphatic rings. The van der Waals surface area contributed by atoms with E-state index in [1.54, 1.807) is 42.5 Å². The lowest BCUT2D eigenvalue weighted by molar-refractivity contribution is -0.139. The Morgan fingerprint density at radius 2 is 1.38 bits per heavy atom. The third kappa shape index (κ3) is 7.63. The highest BCUT2D eigenvalue weighted by molar-refractivity contribution is 7.92.